The highest BCUT2D eigenvalue weighted by Gasteiger charge is 2.70. The van der Waals surface area contributed by atoms with E-state index < -0.39 is 22.7 Å². The number of hydrogen-bond acceptors (Lipinski definition) is 6. The summed E-state index contributed by atoms with van der Waals surface area (Å²) in [6, 6.07) is 3.17. The molecule has 9 atom stereocenters. The van der Waals surface area contributed by atoms with E-state index in [0.29, 0.717) is 18.3 Å². The van der Waals surface area contributed by atoms with E-state index in [4.69, 9.17) is 9.15 Å². The Morgan fingerprint density at radius 2 is 1.91 bits per heavy atom. The number of rotatable bonds is 2. The maximum atomic E-state index is 12.5. The van der Waals surface area contributed by atoms with Gasteiger partial charge in [0.2, 0.25) is 0 Å². The van der Waals surface area contributed by atoms with Gasteiger partial charge in [-0.2, -0.15) is 0 Å². The van der Waals surface area contributed by atoms with E-state index in [0.717, 1.165) is 50.5 Å². The molecule has 0 aromatic carbocycles. The van der Waals surface area contributed by atoms with Crippen LogP contribution in [0.3, 0.4) is 0 Å². The van der Waals surface area contributed by atoms with Gasteiger partial charge in [0, 0.05) is 30.7 Å². The van der Waals surface area contributed by atoms with Gasteiger partial charge in [-0.25, -0.2) is 4.79 Å². The zero-order valence-corrected chi connectivity index (χ0v) is 19.4. The van der Waals surface area contributed by atoms with Crippen LogP contribution >= 0.6 is 0 Å². The molecule has 5 rings (SSSR count). The summed E-state index contributed by atoms with van der Waals surface area (Å²) >= 11 is 0. The van der Waals surface area contributed by atoms with Crippen molar-refractivity contribution >= 4 is 5.97 Å². The van der Waals surface area contributed by atoms with Crippen molar-refractivity contribution in [2.45, 2.75) is 95.9 Å². The molecule has 0 spiro atoms. The quantitative estimate of drug-likeness (QED) is 0.674. The summed E-state index contributed by atoms with van der Waals surface area (Å²) < 4.78 is 11.0. The molecule has 0 amide bonds. The van der Waals surface area contributed by atoms with Crippen molar-refractivity contribution < 1.29 is 24.2 Å². The molecule has 0 aliphatic heterocycles. The van der Waals surface area contributed by atoms with Gasteiger partial charge in [-0.15, -0.1) is 0 Å². The van der Waals surface area contributed by atoms with E-state index in [-0.39, 0.29) is 29.3 Å². The number of ether oxygens (including phenoxy) is 1. The Morgan fingerprint density at radius 3 is 2.59 bits per heavy atom. The molecule has 0 radical (unpaired) electrons. The molecule has 6 nitrogen and oxygen atoms in total. The second-order valence-electron chi connectivity index (χ2n) is 11.5. The lowest BCUT2D eigenvalue weighted by Gasteiger charge is -2.63. The van der Waals surface area contributed by atoms with Crippen LogP contribution in [0.25, 0.3) is 0 Å². The summed E-state index contributed by atoms with van der Waals surface area (Å²) in [4.78, 5) is 23.6. The highest BCUT2D eigenvalue weighted by molar-refractivity contribution is 5.66. The first-order valence-corrected chi connectivity index (χ1v) is 12.2. The molecule has 4 aliphatic carbocycles. The van der Waals surface area contributed by atoms with E-state index in [2.05, 4.69) is 13.8 Å². The van der Waals surface area contributed by atoms with Gasteiger partial charge in [0.15, 0.2) is 0 Å². The molecule has 0 unspecified atom stereocenters. The van der Waals surface area contributed by atoms with Crippen LogP contribution in [0.4, 0.5) is 0 Å². The van der Waals surface area contributed by atoms with Gasteiger partial charge < -0.3 is 19.4 Å². The van der Waals surface area contributed by atoms with Crippen molar-refractivity contribution in [3.8, 4) is 0 Å². The number of aliphatic hydroxyl groups excluding tert-OH is 1. The number of hydrogen-bond donors (Lipinski definition) is 2. The van der Waals surface area contributed by atoms with Crippen LogP contribution in [0.1, 0.15) is 83.6 Å². The molecule has 1 aromatic heterocycles. The van der Waals surface area contributed by atoms with Gasteiger partial charge in [-0.1, -0.05) is 13.8 Å². The van der Waals surface area contributed by atoms with Crippen LogP contribution in [-0.4, -0.2) is 34.0 Å². The Morgan fingerprint density at radius 1 is 1.12 bits per heavy atom. The zero-order valence-electron chi connectivity index (χ0n) is 19.4. The lowest BCUT2D eigenvalue weighted by molar-refractivity contribution is -0.205. The minimum absolute atomic E-state index is 0.133. The smallest absolute Gasteiger partial charge is 0.335 e. The van der Waals surface area contributed by atoms with Crippen molar-refractivity contribution in [1.29, 1.82) is 0 Å². The first-order chi connectivity index (χ1) is 15.1. The molecule has 4 aliphatic rings. The predicted octanol–water partition coefficient (Wildman–Crippen LogP) is 3.78. The lowest BCUT2D eigenvalue weighted by Crippen LogP contribution is -2.62. The van der Waals surface area contributed by atoms with Crippen LogP contribution in [0.5, 0.6) is 0 Å². The van der Waals surface area contributed by atoms with Crippen molar-refractivity contribution in [2.24, 2.45) is 28.6 Å². The van der Waals surface area contributed by atoms with Gasteiger partial charge in [-0.05, 0) is 79.7 Å². The number of esters is 1. The Labute approximate surface area is 189 Å². The van der Waals surface area contributed by atoms with Gasteiger partial charge in [0.1, 0.15) is 6.10 Å². The monoisotopic (exact) mass is 444 g/mol. The fourth-order valence-corrected chi connectivity index (χ4v) is 8.67. The van der Waals surface area contributed by atoms with E-state index in [1.165, 1.54) is 19.3 Å². The van der Waals surface area contributed by atoms with Gasteiger partial charge in [0.25, 0.3) is 0 Å². The summed E-state index contributed by atoms with van der Waals surface area (Å²) in [5.41, 5.74) is -0.903. The zero-order chi connectivity index (χ0) is 22.9. The van der Waals surface area contributed by atoms with Crippen molar-refractivity contribution in [3.63, 3.8) is 0 Å². The number of fused-ring (bicyclic) bond motifs is 5. The maximum absolute atomic E-state index is 12.5. The summed E-state index contributed by atoms with van der Waals surface area (Å²) in [6.45, 7) is 5.94. The van der Waals surface area contributed by atoms with E-state index in [1.54, 1.807) is 6.07 Å². The van der Waals surface area contributed by atoms with Crippen molar-refractivity contribution in [1.82, 2.24) is 0 Å². The fraction of sp³-hybridized carbons (Fsp3) is 0.769. The highest BCUT2D eigenvalue weighted by atomic mass is 16.5. The van der Waals surface area contributed by atoms with Crippen LogP contribution in [0.15, 0.2) is 27.6 Å². The van der Waals surface area contributed by atoms with Crippen LogP contribution < -0.4 is 5.63 Å². The normalized spacial score (nSPS) is 47.8. The van der Waals surface area contributed by atoms with Crippen LogP contribution in [0.2, 0.25) is 0 Å². The largest absolute Gasteiger partial charge is 0.462 e. The maximum Gasteiger partial charge on any atom is 0.335 e. The molecule has 4 saturated carbocycles. The van der Waals surface area contributed by atoms with Gasteiger partial charge in [0.05, 0.1) is 18.0 Å². The molecule has 176 valence electrons. The number of aliphatic hydroxyl groups is 2. The SMILES string of the molecule is CC(=O)O[C@@H]1C[C@]2(O)[C@H]3CC[C@H]4C[C@@H](O)CC[C@]4(C)[C@@H]3CC[C@]2(C)[C@@H]1c1ccc(=O)oc1. The van der Waals surface area contributed by atoms with Gasteiger partial charge in [-0.3, -0.25) is 4.79 Å². The molecule has 0 bridgehead atoms. The fourth-order valence-electron chi connectivity index (χ4n) is 8.67. The third-order valence-corrected chi connectivity index (χ3v) is 10.2. The topological polar surface area (TPSA) is 97.0 Å². The molecule has 4 fully saturated rings. The second-order valence-corrected chi connectivity index (χ2v) is 11.5. The van der Waals surface area contributed by atoms with Crippen molar-refractivity contribution in [3.05, 3.63) is 34.4 Å². The van der Waals surface area contributed by atoms with E-state index in [9.17, 15) is 19.8 Å². The highest BCUT2D eigenvalue weighted by Crippen LogP contribution is 2.70. The van der Waals surface area contributed by atoms with E-state index >= 15 is 0 Å². The van der Waals surface area contributed by atoms with Crippen molar-refractivity contribution in [2.75, 3.05) is 0 Å². The average molecular weight is 445 g/mol. The Balaban J connectivity index is 1.55. The van der Waals surface area contributed by atoms with Crippen LogP contribution in [0, 0.1) is 28.6 Å². The Bertz CT molecular complexity index is 935. The summed E-state index contributed by atoms with van der Waals surface area (Å²) in [5, 5.41) is 22.7. The third kappa shape index (κ3) is 3.05. The Kier molecular flexibility index (Phi) is 5.14. The third-order valence-electron chi connectivity index (χ3n) is 10.2. The summed E-state index contributed by atoms with van der Waals surface area (Å²) in [6.07, 6.45) is 7.78. The van der Waals surface area contributed by atoms with Crippen LogP contribution in [-0.2, 0) is 9.53 Å². The summed E-state index contributed by atoms with van der Waals surface area (Å²) in [5.74, 6) is 0.469. The lowest BCUT2D eigenvalue weighted by atomic mass is 9.43. The molecule has 1 heterocycles. The molecule has 1 aromatic rings. The Hall–Kier alpha value is -1.66. The van der Waals surface area contributed by atoms with Gasteiger partial charge >= 0.3 is 11.6 Å². The first-order valence-electron chi connectivity index (χ1n) is 12.2. The first kappa shape index (κ1) is 22.1. The molecule has 32 heavy (non-hydrogen) atoms. The second kappa shape index (κ2) is 7.42. The molecular weight excluding hydrogens is 408 g/mol. The molecule has 0 saturated heterocycles. The standard InChI is InChI=1S/C26H36O6/c1-15(27)32-21-13-26(30)20-6-5-17-12-18(28)8-10-24(17,2)19(20)9-11-25(26,3)23(21)16-4-7-22(29)31-14-16/h4,7,14,17-21,23,28,30H,5-6,8-13H2,1-3H3/t17-,18-,19+,20-,21+,23+,24-,25+,26-/m0/s1. The molecule has 6 heteroatoms. The van der Waals surface area contributed by atoms with E-state index in [1.807, 2.05) is 0 Å². The minimum atomic E-state index is -0.957. The predicted molar refractivity (Wildman–Crippen MR) is 118 cm³/mol. The molecule has 2 N–H and O–H groups in total. The number of carbonyl (C=O) groups excluding carboxylic acids is 1. The number of carbonyl (C=O) groups is 1. The molecular formula is C26H36O6. The minimum Gasteiger partial charge on any atom is -0.462 e. The summed E-state index contributed by atoms with van der Waals surface area (Å²) in [7, 11) is 0. The average Bonchev–Trinajstić information content (AvgIpc) is 2.95.